The highest BCUT2D eigenvalue weighted by Gasteiger charge is 2.11. The van der Waals surface area contributed by atoms with Crippen LogP contribution < -0.4 is 10.9 Å². The molecule has 0 aliphatic heterocycles. The third kappa shape index (κ3) is 3.57. The van der Waals surface area contributed by atoms with Crippen LogP contribution in [0.25, 0.3) is 11.0 Å². The molecule has 0 saturated heterocycles. The average molecular weight is 370 g/mol. The predicted octanol–water partition coefficient (Wildman–Crippen LogP) is 4.36. The van der Waals surface area contributed by atoms with Crippen molar-refractivity contribution in [3.63, 3.8) is 0 Å². The molecule has 0 fully saturated rings. The minimum absolute atomic E-state index is 0.00158. The van der Waals surface area contributed by atoms with Crippen molar-refractivity contribution < 1.29 is 9.21 Å². The summed E-state index contributed by atoms with van der Waals surface area (Å²) in [4.78, 5) is 24.1. The summed E-state index contributed by atoms with van der Waals surface area (Å²) >= 11 is 3.35. The van der Waals surface area contributed by atoms with Gasteiger partial charge in [0.05, 0.1) is 0 Å². The normalized spacial score (nSPS) is 11.0. The van der Waals surface area contributed by atoms with Crippen molar-refractivity contribution in [1.29, 1.82) is 0 Å². The summed E-state index contributed by atoms with van der Waals surface area (Å²) in [5.41, 5.74) is 0.656. The molecular weight excluding hydrogens is 358 g/mol. The maximum Gasteiger partial charge on any atom is 0.347 e. The average Bonchev–Trinajstić information content (AvgIpc) is 2.55. The van der Waals surface area contributed by atoms with Crippen molar-refractivity contribution in [2.24, 2.45) is 0 Å². The molecule has 0 saturated carbocycles. The van der Waals surface area contributed by atoms with Crippen molar-refractivity contribution in [2.45, 2.75) is 0 Å². The molecule has 23 heavy (non-hydrogen) atoms. The molecule has 1 heterocycles. The molecule has 0 spiro atoms. The highest BCUT2D eigenvalue weighted by molar-refractivity contribution is 9.10. The van der Waals surface area contributed by atoms with Crippen LogP contribution >= 0.6 is 15.9 Å². The second kappa shape index (κ2) is 6.62. The van der Waals surface area contributed by atoms with Crippen LogP contribution in [0.5, 0.6) is 0 Å². The van der Waals surface area contributed by atoms with Crippen LogP contribution in [0.4, 0.5) is 5.69 Å². The first kappa shape index (κ1) is 15.2. The van der Waals surface area contributed by atoms with Crippen LogP contribution in [0.3, 0.4) is 0 Å². The van der Waals surface area contributed by atoms with Gasteiger partial charge < -0.3 is 9.73 Å². The van der Waals surface area contributed by atoms with E-state index in [-0.39, 0.29) is 5.56 Å². The van der Waals surface area contributed by atoms with E-state index in [1.54, 1.807) is 24.3 Å². The number of halogens is 1. The quantitative estimate of drug-likeness (QED) is 0.421. The van der Waals surface area contributed by atoms with Crippen molar-refractivity contribution in [1.82, 2.24) is 0 Å². The zero-order valence-corrected chi connectivity index (χ0v) is 13.5. The van der Waals surface area contributed by atoms with E-state index < -0.39 is 11.4 Å². The summed E-state index contributed by atoms with van der Waals surface area (Å²) in [5.74, 6) is -0.413. The molecule has 2 aromatic carbocycles. The molecule has 0 amide bonds. The van der Waals surface area contributed by atoms with Crippen LogP contribution in [0.15, 0.2) is 80.6 Å². The van der Waals surface area contributed by atoms with Crippen LogP contribution in [-0.4, -0.2) is 5.78 Å². The smallest absolute Gasteiger partial charge is 0.347 e. The molecule has 0 aliphatic carbocycles. The van der Waals surface area contributed by atoms with Gasteiger partial charge in [-0.25, -0.2) is 4.79 Å². The van der Waals surface area contributed by atoms with Gasteiger partial charge in [0.1, 0.15) is 11.1 Å². The monoisotopic (exact) mass is 369 g/mol. The number of carbonyl (C=O) groups is 1. The van der Waals surface area contributed by atoms with E-state index in [1.807, 2.05) is 30.3 Å². The molecule has 0 bridgehead atoms. The van der Waals surface area contributed by atoms with Gasteiger partial charge in [-0.1, -0.05) is 34.1 Å². The van der Waals surface area contributed by atoms with Gasteiger partial charge in [-0.2, -0.15) is 0 Å². The van der Waals surface area contributed by atoms with Gasteiger partial charge in [0.2, 0.25) is 0 Å². The number of hydrogen-bond donors (Lipinski definition) is 1. The molecule has 0 aliphatic rings. The summed E-state index contributed by atoms with van der Waals surface area (Å²) in [5, 5.41) is 3.66. The molecule has 3 aromatic rings. The zero-order chi connectivity index (χ0) is 16.2. The lowest BCUT2D eigenvalue weighted by Gasteiger charge is -2.01. The van der Waals surface area contributed by atoms with E-state index in [0.717, 1.165) is 10.2 Å². The number of allylic oxidation sites excluding steroid dienone is 1. The summed E-state index contributed by atoms with van der Waals surface area (Å²) in [7, 11) is 0. The fourth-order valence-electron chi connectivity index (χ4n) is 2.10. The lowest BCUT2D eigenvalue weighted by molar-refractivity contribution is 0.104. The third-order valence-corrected chi connectivity index (χ3v) is 3.71. The second-order valence-electron chi connectivity index (χ2n) is 4.84. The maximum atomic E-state index is 12.2. The number of ketones is 1. The lowest BCUT2D eigenvalue weighted by Crippen LogP contribution is -2.12. The molecule has 1 N–H and O–H groups in total. The molecule has 5 heteroatoms. The Kier molecular flexibility index (Phi) is 4.39. The van der Waals surface area contributed by atoms with E-state index in [0.29, 0.717) is 11.0 Å². The molecule has 1 aromatic heterocycles. The number of benzene rings is 2. The molecule has 0 radical (unpaired) electrons. The Morgan fingerprint density at radius 3 is 2.65 bits per heavy atom. The third-order valence-electron chi connectivity index (χ3n) is 3.22. The SMILES string of the molecule is O=C(/C=C/Nc1ccccc1)c1cc2cc(Br)ccc2oc1=O. The molecular formula is C18H12BrNO3. The predicted molar refractivity (Wildman–Crippen MR) is 93.7 cm³/mol. The van der Waals surface area contributed by atoms with Gasteiger partial charge >= 0.3 is 5.63 Å². The zero-order valence-electron chi connectivity index (χ0n) is 12.0. The summed E-state index contributed by atoms with van der Waals surface area (Å²) in [6, 6.07) is 16.2. The van der Waals surface area contributed by atoms with Crippen LogP contribution in [0.1, 0.15) is 10.4 Å². The van der Waals surface area contributed by atoms with Crippen molar-refractivity contribution in [2.75, 3.05) is 5.32 Å². The topological polar surface area (TPSA) is 59.3 Å². The first-order valence-electron chi connectivity index (χ1n) is 6.89. The van der Waals surface area contributed by atoms with Gasteiger partial charge in [0.15, 0.2) is 5.78 Å². The van der Waals surface area contributed by atoms with Crippen molar-refractivity contribution >= 4 is 38.4 Å². The number of fused-ring (bicyclic) bond motifs is 1. The van der Waals surface area contributed by atoms with Crippen molar-refractivity contribution in [3.05, 3.63) is 87.3 Å². The number of anilines is 1. The summed E-state index contributed by atoms with van der Waals surface area (Å²) in [6.45, 7) is 0. The summed E-state index contributed by atoms with van der Waals surface area (Å²) in [6.07, 6.45) is 2.81. The van der Waals surface area contributed by atoms with E-state index in [9.17, 15) is 9.59 Å². The fourth-order valence-corrected chi connectivity index (χ4v) is 2.48. The Morgan fingerprint density at radius 1 is 1.09 bits per heavy atom. The number of hydrogen-bond acceptors (Lipinski definition) is 4. The molecule has 0 atom stereocenters. The lowest BCUT2D eigenvalue weighted by atomic mass is 10.1. The fraction of sp³-hybridized carbons (Fsp3) is 0. The first-order valence-corrected chi connectivity index (χ1v) is 7.69. The largest absolute Gasteiger partial charge is 0.422 e. The van der Waals surface area contributed by atoms with Gasteiger partial charge in [0.25, 0.3) is 0 Å². The van der Waals surface area contributed by atoms with Crippen LogP contribution in [0.2, 0.25) is 0 Å². The highest BCUT2D eigenvalue weighted by atomic mass is 79.9. The Labute approximate surface area is 140 Å². The van der Waals surface area contributed by atoms with E-state index in [1.165, 1.54) is 12.3 Å². The number of rotatable bonds is 4. The Bertz CT molecular complexity index is 945. The molecule has 114 valence electrons. The highest BCUT2D eigenvalue weighted by Crippen LogP contribution is 2.19. The maximum absolute atomic E-state index is 12.2. The molecule has 3 rings (SSSR count). The summed E-state index contributed by atoms with van der Waals surface area (Å²) < 4.78 is 6.03. The number of nitrogens with one attached hydrogen (secondary N) is 1. The van der Waals surface area contributed by atoms with Crippen LogP contribution in [-0.2, 0) is 0 Å². The minimum atomic E-state index is -0.644. The van der Waals surface area contributed by atoms with E-state index >= 15 is 0 Å². The standard InChI is InChI=1S/C18H12BrNO3/c19-13-6-7-17-12(10-13)11-15(18(22)23-17)16(21)8-9-20-14-4-2-1-3-5-14/h1-11,20H/b9-8+. The van der Waals surface area contributed by atoms with Crippen LogP contribution in [0, 0.1) is 0 Å². The Morgan fingerprint density at radius 2 is 1.87 bits per heavy atom. The molecule has 4 nitrogen and oxygen atoms in total. The van der Waals surface area contributed by atoms with Gasteiger partial charge in [0, 0.05) is 27.8 Å². The van der Waals surface area contributed by atoms with E-state index in [4.69, 9.17) is 4.42 Å². The first-order chi connectivity index (χ1) is 11.1. The van der Waals surface area contributed by atoms with Gasteiger partial charge in [-0.3, -0.25) is 4.79 Å². The second-order valence-corrected chi connectivity index (χ2v) is 5.75. The van der Waals surface area contributed by atoms with Gasteiger partial charge in [-0.15, -0.1) is 0 Å². The van der Waals surface area contributed by atoms with Crippen molar-refractivity contribution in [3.8, 4) is 0 Å². The van der Waals surface area contributed by atoms with Gasteiger partial charge in [-0.05, 0) is 36.4 Å². The minimum Gasteiger partial charge on any atom is -0.422 e. The Hall–Kier alpha value is -2.66. The number of carbonyl (C=O) groups excluding carboxylic acids is 1. The van der Waals surface area contributed by atoms with E-state index in [2.05, 4.69) is 21.2 Å². The number of para-hydroxylation sites is 1. The molecule has 0 unspecified atom stereocenters. The Balaban J connectivity index is 1.85.